The van der Waals surface area contributed by atoms with E-state index in [9.17, 15) is 4.79 Å². The van der Waals surface area contributed by atoms with E-state index < -0.39 is 5.60 Å². The highest BCUT2D eigenvalue weighted by Gasteiger charge is 2.33. The number of benzene rings is 1. The van der Waals surface area contributed by atoms with Crippen LogP contribution in [-0.2, 0) is 9.53 Å². The largest absolute Gasteiger partial charge is 0.460 e. The summed E-state index contributed by atoms with van der Waals surface area (Å²) in [5.41, 5.74) is 36.8. The Labute approximate surface area is 248 Å². The molecule has 0 radical (unpaired) electrons. The molecule has 224 valence electrons. The molecule has 1 aliphatic rings. The molecule has 0 aliphatic heterocycles. The van der Waals surface area contributed by atoms with Crippen molar-refractivity contribution < 1.29 is 9.53 Å². The standard InChI is InChI=1S/C30H37N11O2/c1-13-19-26(14-5-7-15(8-6-14)29(42)43-30(2,3)4)38-27-17(12-37-41(27)28(19)40-39-13)16-9-10-18(36-11-16)20-21(31)23(33)25(35)24(34)22(20)32/h9-12,14-15H,5-8,31-35H2,1-4H3,(H,39,40). The van der Waals surface area contributed by atoms with Crippen LogP contribution in [0.3, 0.4) is 0 Å². The number of rotatable bonds is 4. The number of esters is 1. The van der Waals surface area contributed by atoms with Gasteiger partial charge in [0.05, 0.1) is 62.9 Å². The fourth-order valence-corrected chi connectivity index (χ4v) is 5.96. The summed E-state index contributed by atoms with van der Waals surface area (Å²) in [5, 5.41) is 13.3. The third-order valence-electron chi connectivity index (χ3n) is 8.24. The number of anilines is 5. The van der Waals surface area contributed by atoms with Crippen molar-refractivity contribution in [1.29, 1.82) is 0 Å². The number of aromatic nitrogens is 6. The molecule has 1 aliphatic carbocycles. The third kappa shape index (κ3) is 4.70. The van der Waals surface area contributed by atoms with Gasteiger partial charge in [0.15, 0.2) is 11.3 Å². The molecule has 4 heterocycles. The second kappa shape index (κ2) is 10.0. The van der Waals surface area contributed by atoms with E-state index in [1.54, 1.807) is 23.0 Å². The van der Waals surface area contributed by atoms with Gasteiger partial charge in [0.2, 0.25) is 0 Å². The van der Waals surface area contributed by atoms with Crippen LogP contribution in [-0.4, -0.2) is 41.3 Å². The first-order valence-corrected chi connectivity index (χ1v) is 14.3. The highest BCUT2D eigenvalue weighted by Crippen LogP contribution is 2.44. The van der Waals surface area contributed by atoms with Gasteiger partial charge in [-0.15, -0.1) is 0 Å². The molecule has 43 heavy (non-hydrogen) atoms. The molecule has 0 amide bonds. The zero-order valence-corrected chi connectivity index (χ0v) is 24.7. The predicted molar refractivity (Wildman–Crippen MR) is 169 cm³/mol. The van der Waals surface area contributed by atoms with Crippen molar-refractivity contribution in [3.8, 4) is 22.4 Å². The van der Waals surface area contributed by atoms with E-state index in [1.165, 1.54) is 0 Å². The molecule has 0 saturated heterocycles. The number of ether oxygens (including phenoxy) is 1. The van der Waals surface area contributed by atoms with Crippen LogP contribution in [0.25, 0.3) is 39.1 Å². The number of hydrogen-bond donors (Lipinski definition) is 6. The van der Waals surface area contributed by atoms with Crippen LogP contribution in [0.2, 0.25) is 0 Å². The topological polar surface area (TPSA) is 228 Å². The molecule has 1 fully saturated rings. The Morgan fingerprint density at radius 1 is 0.930 bits per heavy atom. The number of fused-ring (bicyclic) bond motifs is 3. The van der Waals surface area contributed by atoms with E-state index >= 15 is 0 Å². The van der Waals surface area contributed by atoms with Crippen LogP contribution in [0.4, 0.5) is 28.4 Å². The SMILES string of the molecule is Cc1[nH]nc2c1c(C1CCC(C(=O)OC(C)(C)C)CC1)nc1c(-c3ccc(-c4c(N)c(N)c(N)c(N)c4N)nc3)cnn12. The lowest BCUT2D eigenvalue weighted by atomic mass is 9.79. The van der Waals surface area contributed by atoms with Gasteiger partial charge in [0, 0.05) is 28.9 Å². The van der Waals surface area contributed by atoms with Crippen molar-refractivity contribution in [2.24, 2.45) is 5.92 Å². The fourth-order valence-electron chi connectivity index (χ4n) is 5.96. The zero-order chi connectivity index (χ0) is 30.8. The van der Waals surface area contributed by atoms with Crippen molar-refractivity contribution in [2.45, 2.75) is 64.9 Å². The smallest absolute Gasteiger partial charge is 0.309 e. The van der Waals surface area contributed by atoms with Gasteiger partial charge in [-0.05, 0) is 59.4 Å². The van der Waals surface area contributed by atoms with Gasteiger partial charge >= 0.3 is 5.97 Å². The molecule has 5 aromatic rings. The van der Waals surface area contributed by atoms with Crippen LogP contribution >= 0.6 is 0 Å². The predicted octanol–water partition coefficient (Wildman–Crippen LogP) is 4.17. The number of nitrogen functional groups attached to an aromatic ring is 5. The zero-order valence-electron chi connectivity index (χ0n) is 24.7. The summed E-state index contributed by atoms with van der Waals surface area (Å²) in [6.07, 6.45) is 6.60. The summed E-state index contributed by atoms with van der Waals surface area (Å²) in [7, 11) is 0. The van der Waals surface area contributed by atoms with Crippen LogP contribution in [0.15, 0.2) is 24.5 Å². The van der Waals surface area contributed by atoms with E-state index in [1.807, 2.05) is 33.8 Å². The van der Waals surface area contributed by atoms with Crippen molar-refractivity contribution >= 4 is 51.1 Å². The fraction of sp³-hybridized carbons (Fsp3) is 0.367. The van der Waals surface area contributed by atoms with E-state index in [4.69, 9.17) is 38.4 Å². The lowest BCUT2D eigenvalue weighted by Gasteiger charge is -2.30. The monoisotopic (exact) mass is 583 g/mol. The Kier molecular flexibility index (Phi) is 6.55. The van der Waals surface area contributed by atoms with E-state index in [0.29, 0.717) is 22.6 Å². The number of H-pyrrole nitrogens is 1. The van der Waals surface area contributed by atoms with Crippen molar-refractivity contribution in [3.63, 3.8) is 0 Å². The Bertz CT molecular complexity index is 1850. The second-order valence-corrected chi connectivity index (χ2v) is 12.3. The van der Waals surface area contributed by atoms with Gasteiger partial charge in [-0.25, -0.2) is 4.98 Å². The molecule has 0 bridgehead atoms. The molecule has 13 heteroatoms. The summed E-state index contributed by atoms with van der Waals surface area (Å²) in [6.45, 7) is 7.68. The lowest BCUT2D eigenvalue weighted by molar-refractivity contribution is -0.161. The number of nitrogens with two attached hydrogens (primary N) is 5. The number of pyridine rings is 1. The first-order valence-electron chi connectivity index (χ1n) is 14.3. The molecule has 0 unspecified atom stereocenters. The third-order valence-corrected chi connectivity index (χ3v) is 8.24. The lowest BCUT2D eigenvalue weighted by Crippen LogP contribution is -2.30. The van der Waals surface area contributed by atoms with E-state index in [-0.39, 0.29) is 46.2 Å². The van der Waals surface area contributed by atoms with Crippen LogP contribution in [0.5, 0.6) is 0 Å². The molecule has 1 aromatic carbocycles. The molecule has 0 atom stereocenters. The Morgan fingerprint density at radius 3 is 2.19 bits per heavy atom. The van der Waals surface area contributed by atoms with Crippen LogP contribution in [0.1, 0.15) is 63.8 Å². The van der Waals surface area contributed by atoms with Crippen molar-refractivity contribution in [3.05, 3.63) is 35.9 Å². The Morgan fingerprint density at radius 2 is 1.58 bits per heavy atom. The molecular weight excluding hydrogens is 546 g/mol. The number of nitrogens with zero attached hydrogens (tertiary/aromatic N) is 5. The summed E-state index contributed by atoms with van der Waals surface area (Å²) in [4.78, 5) is 22.5. The highest BCUT2D eigenvalue weighted by atomic mass is 16.6. The maximum absolute atomic E-state index is 12.7. The molecule has 0 spiro atoms. The van der Waals surface area contributed by atoms with Gasteiger partial charge in [0.25, 0.3) is 0 Å². The van der Waals surface area contributed by atoms with E-state index in [0.717, 1.165) is 53.6 Å². The minimum Gasteiger partial charge on any atom is -0.460 e. The van der Waals surface area contributed by atoms with Gasteiger partial charge in [-0.2, -0.15) is 14.7 Å². The average Bonchev–Trinajstić information content (AvgIpc) is 3.58. The van der Waals surface area contributed by atoms with Gasteiger partial charge < -0.3 is 33.4 Å². The number of carbonyl (C=O) groups is 1. The molecule has 4 aromatic heterocycles. The van der Waals surface area contributed by atoms with Crippen molar-refractivity contribution in [1.82, 2.24) is 29.8 Å². The van der Waals surface area contributed by atoms with Crippen LogP contribution < -0.4 is 28.7 Å². The number of carbonyl (C=O) groups excluding carboxylic acids is 1. The summed E-state index contributed by atoms with van der Waals surface area (Å²) in [5.74, 6) is -0.0657. The first kappa shape index (κ1) is 28.1. The summed E-state index contributed by atoms with van der Waals surface area (Å²) >= 11 is 0. The van der Waals surface area contributed by atoms with Gasteiger partial charge in [0.1, 0.15) is 5.60 Å². The minimum absolute atomic E-state index is 0.106. The second-order valence-electron chi connectivity index (χ2n) is 12.3. The molecule has 1 saturated carbocycles. The Balaban J connectivity index is 1.36. The molecule has 13 nitrogen and oxygen atoms in total. The number of hydrogen-bond acceptors (Lipinski definition) is 11. The van der Waals surface area contributed by atoms with E-state index in [2.05, 4.69) is 20.3 Å². The molecule has 11 N–H and O–H groups in total. The average molecular weight is 584 g/mol. The van der Waals surface area contributed by atoms with Gasteiger partial charge in [-0.1, -0.05) is 6.07 Å². The highest BCUT2D eigenvalue weighted by molar-refractivity contribution is 6.05. The summed E-state index contributed by atoms with van der Waals surface area (Å²) in [6, 6.07) is 3.69. The quantitative estimate of drug-likeness (QED) is 0.130. The van der Waals surface area contributed by atoms with Crippen molar-refractivity contribution in [2.75, 3.05) is 28.7 Å². The number of nitrogens with one attached hydrogen (secondary N) is 1. The molecular formula is C30H37N11O2. The molecule has 6 rings (SSSR count). The van der Waals surface area contributed by atoms with Crippen LogP contribution in [0, 0.1) is 12.8 Å². The van der Waals surface area contributed by atoms with Gasteiger partial charge in [-0.3, -0.25) is 14.9 Å². The normalized spacial score (nSPS) is 17.5. The first-order chi connectivity index (χ1) is 20.4. The maximum Gasteiger partial charge on any atom is 0.309 e. The number of aromatic amines is 1. The summed E-state index contributed by atoms with van der Waals surface area (Å²) < 4.78 is 7.40. The Hall–Kier alpha value is -5.07. The number of aryl methyl sites for hydroxylation is 1. The maximum atomic E-state index is 12.7. The minimum atomic E-state index is -0.499.